The number of nitrogens with zero attached hydrogens (tertiary/aromatic N) is 1. The van der Waals surface area contributed by atoms with Crippen LogP contribution in [0.5, 0.6) is 0 Å². The molecule has 0 aromatic carbocycles. The molecule has 0 amide bonds. The molecule has 1 saturated carbocycles. The fraction of sp³-hybridized carbons (Fsp3) is 0.750. The van der Waals surface area contributed by atoms with Gasteiger partial charge in [-0.15, -0.1) is 0 Å². The van der Waals surface area contributed by atoms with Crippen molar-refractivity contribution in [1.82, 2.24) is 0 Å². The fourth-order valence-corrected chi connectivity index (χ4v) is 2.44. The van der Waals surface area contributed by atoms with Crippen LogP contribution in [0.1, 0.15) is 32.6 Å². The molecule has 0 aliphatic heterocycles. The summed E-state index contributed by atoms with van der Waals surface area (Å²) >= 11 is 0. The summed E-state index contributed by atoms with van der Waals surface area (Å²) in [5.74, 6) is -1.04. The highest BCUT2D eigenvalue weighted by Gasteiger charge is 2.38. The van der Waals surface area contributed by atoms with Gasteiger partial charge in [0.15, 0.2) is 0 Å². The molecule has 4 heteroatoms. The molecular formula is C12H17NO3. The predicted octanol–water partition coefficient (Wildman–Crippen LogP) is 1.69. The lowest BCUT2D eigenvalue weighted by Crippen LogP contribution is -2.34. The van der Waals surface area contributed by atoms with Crippen molar-refractivity contribution in [1.29, 1.82) is 5.26 Å². The van der Waals surface area contributed by atoms with E-state index in [0.29, 0.717) is 12.8 Å². The maximum atomic E-state index is 11.5. The molecule has 0 aromatic rings. The fourth-order valence-electron chi connectivity index (χ4n) is 2.44. The summed E-state index contributed by atoms with van der Waals surface area (Å²) in [5, 5.41) is 9.02. The first-order chi connectivity index (χ1) is 7.63. The number of carbonyl (C=O) groups is 2. The van der Waals surface area contributed by atoms with Gasteiger partial charge in [-0.2, -0.15) is 5.26 Å². The molecule has 0 N–H and O–H groups in total. The molecule has 1 aliphatic carbocycles. The number of rotatable bonds is 3. The Morgan fingerprint density at radius 3 is 2.88 bits per heavy atom. The van der Waals surface area contributed by atoms with E-state index in [1.165, 1.54) is 7.11 Å². The Morgan fingerprint density at radius 2 is 2.38 bits per heavy atom. The summed E-state index contributed by atoms with van der Waals surface area (Å²) in [6.07, 6.45) is 2.60. The number of ether oxygens (including phenoxy) is 1. The average Bonchev–Trinajstić information content (AvgIpc) is 2.30. The van der Waals surface area contributed by atoms with Crippen LogP contribution in [0.15, 0.2) is 0 Å². The van der Waals surface area contributed by atoms with Gasteiger partial charge >= 0.3 is 5.97 Å². The van der Waals surface area contributed by atoms with Crippen LogP contribution in [0.2, 0.25) is 0 Å². The first-order valence-electron chi connectivity index (χ1n) is 5.63. The molecule has 0 radical (unpaired) electrons. The van der Waals surface area contributed by atoms with Crippen LogP contribution in [0, 0.1) is 29.1 Å². The Bertz CT molecular complexity index is 319. The number of esters is 1. The molecule has 1 fully saturated rings. The molecule has 3 unspecified atom stereocenters. The summed E-state index contributed by atoms with van der Waals surface area (Å²) in [6.45, 7) is 2.03. The van der Waals surface area contributed by atoms with E-state index in [1.54, 1.807) is 0 Å². The third-order valence-electron chi connectivity index (χ3n) is 3.41. The van der Waals surface area contributed by atoms with Crippen molar-refractivity contribution in [2.45, 2.75) is 32.6 Å². The molecule has 0 saturated heterocycles. The lowest BCUT2D eigenvalue weighted by molar-refractivity contribution is -0.146. The van der Waals surface area contributed by atoms with Crippen molar-refractivity contribution in [3.05, 3.63) is 0 Å². The monoisotopic (exact) mass is 223 g/mol. The van der Waals surface area contributed by atoms with E-state index in [0.717, 1.165) is 12.8 Å². The maximum absolute atomic E-state index is 11.5. The molecular weight excluding hydrogens is 206 g/mol. The van der Waals surface area contributed by atoms with Gasteiger partial charge in [0.1, 0.15) is 11.7 Å². The van der Waals surface area contributed by atoms with E-state index in [-0.39, 0.29) is 17.6 Å². The molecule has 3 atom stereocenters. The van der Waals surface area contributed by atoms with Gasteiger partial charge in [0.25, 0.3) is 0 Å². The number of carbonyl (C=O) groups excluding carboxylic acids is 2. The van der Waals surface area contributed by atoms with Gasteiger partial charge in [-0.25, -0.2) is 0 Å². The Balaban J connectivity index is 2.83. The lowest BCUT2D eigenvalue weighted by atomic mass is 9.71. The number of nitriles is 1. The van der Waals surface area contributed by atoms with Gasteiger partial charge in [0.05, 0.1) is 13.2 Å². The topological polar surface area (TPSA) is 67.2 Å². The third kappa shape index (κ3) is 2.60. The Morgan fingerprint density at radius 1 is 1.69 bits per heavy atom. The molecule has 0 aromatic heterocycles. The highest BCUT2D eigenvalue weighted by Crippen LogP contribution is 2.35. The van der Waals surface area contributed by atoms with Crippen molar-refractivity contribution >= 4 is 11.8 Å². The van der Waals surface area contributed by atoms with E-state index < -0.39 is 11.9 Å². The quantitative estimate of drug-likeness (QED) is 0.683. The van der Waals surface area contributed by atoms with E-state index in [1.807, 2.05) is 13.0 Å². The first kappa shape index (κ1) is 12.7. The molecule has 88 valence electrons. The van der Waals surface area contributed by atoms with E-state index >= 15 is 0 Å². The van der Waals surface area contributed by atoms with Gasteiger partial charge in [-0.1, -0.05) is 13.3 Å². The first-order valence-corrected chi connectivity index (χ1v) is 5.63. The summed E-state index contributed by atoms with van der Waals surface area (Å²) in [6, 6.07) is 1.98. The number of Topliss-reactive ketones (excluding diaryl/α,β-unsaturated/α-hetero) is 1. The van der Waals surface area contributed by atoms with Gasteiger partial charge in [-0.3, -0.25) is 9.59 Å². The highest BCUT2D eigenvalue weighted by molar-refractivity contribution is 5.82. The van der Waals surface area contributed by atoms with Crippen LogP contribution in [0.25, 0.3) is 0 Å². The second kappa shape index (κ2) is 5.64. The zero-order valence-corrected chi connectivity index (χ0v) is 9.73. The number of ketones is 1. The van der Waals surface area contributed by atoms with Gasteiger partial charge < -0.3 is 4.74 Å². The molecule has 4 nitrogen and oxygen atoms in total. The standard InChI is InChI=1S/C12H17NO3/c1-3-8-4-5-9(14)6-10(8)11(7-13)12(15)16-2/h8,10-11H,3-6H2,1-2H3. The minimum Gasteiger partial charge on any atom is -0.468 e. The minimum atomic E-state index is -0.792. The number of methoxy groups -OCH3 is 1. The normalized spacial score (nSPS) is 26.9. The van der Waals surface area contributed by atoms with Crippen LogP contribution >= 0.6 is 0 Å². The third-order valence-corrected chi connectivity index (χ3v) is 3.41. The summed E-state index contributed by atoms with van der Waals surface area (Å²) in [5.41, 5.74) is 0. The van der Waals surface area contributed by atoms with E-state index in [4.69, 9.17) is 5.26 Å². The van der Waals surface area contributed by atoms with E-state index in [9.17, 15) is 9.59 Å². The smallest absolute Gasteiger partial charge is 0.323 e. The van der Waals surface area contributed by atoms with E-state index in [2.05, 4.69) is 4.74 Å². The Labute approximate surface area is 95.6 Å². The van der Waals surface area contributed by atoms with Crippen LogP contribution in [-0.4, -0.2) is 18.9 Å². The van der Waals surface area contributed by atoms with Gasteiger partial charge in [0, 0.05) is 12.8 Å². The zero-order chi connectivity index (χ0) is 12.1. The maximum Gasteiger partial charge on any atom is 0.323 e. The van der Waals surface area contributed by atoms with Crippen LogP contribution in [-0.2, 0) is 14.3 Å². The Hall–Kier alpha value is -1.37. The molecule has 1 aliphatic rings. The van der Waals surface area contributed by atoms with Crippen molar-refractivity contribution in [2.24, 2.45) is 17.8 Å². The van der Waals surface area contributed by atoms with Gasteiger partial charge in [-0.05, 0) is 18.3 Å². The zero-order valence-electron chi connectivity index (χ0n) is 9.73. The van der Waals surface area contributed by atoms with Crippen molar-refractivity contribution < 1.29 is 14.3 Å². The Kier molecular flexibility index (Phi) is 4.48. The summed E-state index contributed by atoms with van der Waals surface area (Å²) in [7, 11) is 1.28. The predicted molar refractivity (Wildman–Crippen MR) is 57.2 cm³/mol. The van der Waals surface area contributed by atoms with Crippen LogP contribution < -0.4 is 0 Å². The SMILES string of the molecule is CCC1CCC(=O)CC1C(C#N)C(=O)OC. The summed E-state index contributed by atoms with van der Waals surface area (Å²) < 4.78 is 4.61. The minimum absolute atomic E-state index is 0.152. The van der Waals surface area contributed by atoms with Crippen molar-refractivity contribution in [2.75, 3.05) is 7.11 Å². The summed E-state index contributed by atoms with van der Waals surface area (Å²) in [4.78, 5) is 22.9. The molecule has 0 bridgehead atoms. The number of hydrogen-bond donors (Lipinski definition) is 0. The second-order valence-electron chi connectivity index (χ2n) is 4.24. The molecule has 0 spiro atoms. The number of hydrogen-bond acceptors (Lipinski definition) is 4. The van der Waals surface area contributed by atoms with Crippen molar-refractivity contribution in [3.8, 4) is 6.07 Å². The van der Waals surface area contributed by atoms with Gasteiger partial charge in [0.2, 0.25) is 0 Å². The van der Waals surface area contributed by atoms with Crippen LogP contribution in [0.3, 0.4) is 0 Å². The largest absolute Gasteiger partial charge is 0.468 e. The molecule has 16 heavy (non-hydrogen) atoms. The molecule has 1 rings (SSSR count). The average molecular weight is 223 g/mol. The highest BCUT2D eigenvalue weighted by atomic mass is 16.5. The van der Waals surface area contributed by atoms with Crippen LogP contribution in [0.4, 0.5) is 0 Å². The van der Waals surface area contributed by atoms with Crippen molar-refractivity contribution in [3.63, 3.8) is 0 Å². The second-order valence-corrected chi connectivity index (χ2v) is 4.24. The lowest BCUT2D eigenvalue weighted by Gasteiger charge is -2.31. The molecule has 0 heterocycles.